The summed E-state index contributed by atoms with van der Waals surface area (Å²) >= 11 is 11.1. The summed E-state index contributed by atoms with van der Waals surface area (Å²) in [5.41, 5.74) is 1.49. The van der Waals surface area contributed by atoms with Crippen LogP contribution < -0.4 is 15.4 Å². The SMILES string of the molecule is O=C(NC(=S)Nc1ccc(OCc2c(F)cccc2Cl)cc1)c1ccccc1. The minimum absolute atomic E-state index is 0.0177. The van der Waals surface area contributed by atoms with Crippen LogP contribution in [-0.4, -0.2) is 11.0 Å². The van der Waals surface area contributed by atoms with E-state index in [1.54, 1.807) is 60.7 Å². The van der Waals surface area contributed by atoms with Crippen molar-refractivity contribution in [2.75, 3.05) is 5.32 Å². The van der Waals surface area contributed by atoms with Gasteiger partial charge >= 0.3 is 0 Å². The number of hydrogen-bond acceptors (Lipinski definition) is 3. The maximum absolute atomic E-state index is 13.8. The molecule has 3 aromatic rings. The van der Waals surface area contributed by atoms with Crippen LogP contribution in [0, 0.1) is 5.82 Å². The molecule has 0 saturated carbocycles. The summed E-state index contributed by atoms with van der Waals surface area (Å²) < 4.78 is 19.3. The summed E-state index contributed by atoms with van der Waals surface area (Å²) in [6.45, 7) is 0.0177. The van der Waals surface area contributed by atoms with Gasteiger partial charge in [-0.1, -0.05) is 35.9 Å². The Kier molecular flexibility index (Phi) is 6.57. The first-order valence-corrected chi connectivity index (χ1v) is 9.14. The van der Waals surface area contributed by atoms with Crippen molar-refractivity contribution in [3.63, 3.8) is 0 Å². The van der Waals surface area contributed by atoms with Crippen LogP contribution in [0.4, 0.5) is 10.1 Å². The third-order valence-corrected chi connectivity index (χ3v) is 4.38. The van der Waals surface area contributed by atoms with Crippen LogP contribution >= 0.6 is 23.8 Å². The third kappa shape index (κ3) is 5.28. The second kappa shape index (κ2) is 9.30. The van der Waals surface area contributed by atoms with E-state index in [1.807, 2.05) is 6.07 Å². The maximum Gasteiger partial charge on any atom is 0.257 e. The van der Waals surface area contributed by atoms with Crippen molar-refractivity contribution < 1.29 is 13.9 Å². The van der Waals surface area contributed by atoms with Gasteiger partial charge in [-0.15, -0.1) is 0 Å². The van der Waals surface area contributed by atoms with Crippen LogP contribution in [0.2, 0.25) is 5.02 Å². The molecule has 0 fully saturated rings. The van der Waals surface area contributed by atoms with E-state index in [1.165, 1.54) is 6.07 Å². The molecule has 3 rings (SSSR count). The van der Waals surface area contributed by atoms with Crippen LogP contribution in [0.25, 0.3) is 0 Å². The Bertz CT molecular complexity index is 961. The second-order valence-corrected chi connectivity index (χ2v) is 6.60. The number of rotatable bonds is 5. The van der Waals surface area contributed by atoms with E-state index in [2.05, 4.69) is 10.6 Å². The molecule has 0 aromatic heterocycles. The molecule has 142 valence electrons. The number of carbonyl (C=O) groups is 1. The van der Waals surface area contributed by atoms with Crippen molar-refractivity contribution in [1.29, 1.82) is 0 Å². The Hall–Kier alpha value is -2.96. The lowest BCUT2D eigenvalue weighted by Crippen LogP contribution is -2.34. The lowest BCUT2D eigenvalue weighted by Gasteiger charge is -2.11. The van der Waals surface area contributed by atoms with Crippen molar-refractivity contribution in [3.05, 3.63) is 94.8 Å². The topological polar surface area (TPSA) is 50.4 Å². The summed E-state index contributed by atoms with van der Waals surface area (Å²) in [6.07, 6.45) is 0. The first-order chi connectivity index (χ1) is 13.5. The van der Waals surface area contributed by atoms with Crippen molar-refractivity contribution in [3.8, 4) is 5.75 Å². The normalized spacial score (nSPS) is 10.2. The van der Waals surface area contributed by atoms with E-state index in [0.29, 0.717) is 27.6 Å². The molecule has 0 heterocycles. The van der Waals surface area contributed by atoms with Crippen molar-refractivity contribution in [2.45, 2.75) is 6.61 Å². The molecule has 28 heavy (non-hydrogen) atoms. The minimum Gasteiger partial charge on any atom is -0.489 e. The molecule has 0 aliphatic carbocycles. The number of nitrogens with one attached hydrogen (secondary N) is 2. The van der Waals surface area contributed by atoms with Gasteiger partial charge in [-0.25, -0.2) is 4.39 Å². The molecule has 0 aliphatic heterocycles. The van der Waals surface area contributed by atoms with Crippen LogP contribution in [0.15, 0.2) is 72.8 Å². The number of hydrogen-bond donors (Lipinski definition) is 2. The monoisotopic (exact) mass is 414 g/mol. The highest BCUT2D eigenvalue weighted by molar-refractivity contribution is 7.80. The van der Waals surface area contributed by atoms with Gasteiger partial charge in [0.2, 0.25) is 0 Å². The average molecular weight is 415 g/mol. The number of carbonyl (C=O) groups excluding carboxylic acids is 1. The minimum atomic E-state index is -0.412. The predicted octanol–water partition coefficient (Wildman–Crippen LogP) is 5.18. The number of anilines is 1. The molecule has 7 heteroatoms. The van der Waals surface area contributed by atoms with Crippen molar-refractivity contribution in [2.24, 2.45) is 0 Å². The van der Waals surface area contributed by atoms with Gasteiger partial charge in [-0.05, 0) is 60.7 Å². The molecular weight excluding hydrogens is 399 g/mol. The van der Waals surface area contributed by atoms with E-state index < -0.39 is 5.82 Å². The number of thiocarbonyl (C=S) groups is 1. The molecule has 0 atom stereocenters. The Morgan fingerprint density at radius 2 is 1.71 bits per heavy atom. The van der Waals surface area contributed by atoms with Crippen molar-refractivity contribution >= 4 is 40.5 Å². The highest BCUT2D eigenvalue weighted by atomic mass is 35.5. The first kappa shape index (κ1) is 19.8. The van der Waals surface area contributed by atoms with Gasteiger partial charge in [0.05, 0.1) is 5.02 Å². The lowest BCUT2D eigenvalue weighted by atomic mass is 10.2. The van der Waals surface area contributed by atoms with Gasteiger partial charge in [0.1, 0.15) is 18.2 Å². The summed E-state index contributed by atoms with van der Waals surface area (Å²) in [4.78, 5) is 12.1. The standard InChI is InChI=1S/C21H16ClFN2O2S/c22-18-7-4-8-19(23)17(18)13-27-16-11-9-15(10-12-16)24-21(28)25-20(26)14-5-2-1-3-6-14/h1-12H,13H2,(H2,24,25,26,28). The van der Waals surface area contributed by atoms with Crippen LogP contribution in [0.1, 0.15) is 15.9 Å². The largest absolute Gasteiger partial charge is 0.489 e. The summed E-state index contributed by atoms with van der Waals surface area (Å²) in [7, 11) is 0. The molecule has 3 aromatic carbocycles. The van der Waals surface area contributed by atoms with Crippen LogP contribution in [-0.2, 0) is 6.61 Å². The second-order valence-electron chi connectivity index (χ2n) is 5.79. The molecule has 1 amide bonds. The lowest BCUT2D eigenvalue weighted by molar-refractivity contribution is 0.0977. The third-order valence-electron chi connectivity index (χ3n) is 3.82. The van der Waals surface area contributed by atoms with Gasteiger partial charge in [-0.3, -0.25) is 10.1 Å². The van der Waals surface area contributed by atoms with Gasteiger partial charge in [-0.2, -0.15) is 0 Å². The number of ether oxygens (including phenoxy) is 1. The summed E-state index contributed by atoms with van der Waals surface area (Å²) in [5, 5.41) is 6.04. The fraction of sp³-hybridized carbons (Fsp3) is 0.0476. The zero-order chi connectivity index (χ0) is 19.9. The molecule has 2 N–H and O–H groups in total. The van der Waals surface area contributed by atoms with Crippen LogP contribution in [0.3, 0.4) is 0 Å². The van der Waals surface area contributed by atoms with E-state index in [9.17, 15) is 9.18 Å². The fourth-order valence-corrected chi connectivity index (χ4v) is 2.82. The Balaban J connectivity index is 1.54. The van der Waals surface area contributed by atoms with Crippen molar-refractivity contribution in [1.82, 2.24) is 5.32 Å². The number of amides is 1. The van der Waals surface area contributed by atoms with E-state index >= 15 is 0 Å². The van der Waals surface area contributed by atoms with Gasteiger partial charge < -0.3 is 10.1 Å². The number of benzene rings is 3. The zero-order valence-corrected chi connectivity index (χ0v) is 16.2. The molecule has 0 radical (unpaired) electrons. The molecule has 0 unspecified atom stereocenters. The van der Waals surface area contributed by atoms with Gasteiger partial charge in [0.25, 0.3) is 5.91 Å². The zero-order valence-electron chi connectivity index (χ0n) is 14.6. The fourth-order valence-electron chi connectivity index (χ4n) is 2.39. The molecule has 0 aliphatic rings. The molecule has 4 nitrogen and oxygen atoms in total. The first-order valence-electron chi connectivity index (χ1n) is 8.36. The Labute approximate surface area is 172 Å². The molecule has 0 saturated heterocycles. The maximum atomic E-state index is 13.8. The smallest absolute Gasteiger partial charge is 0.257 e. The van der Waals surface area contributed by atoms with Gasteiger partial charge in [0, 0.05) is 16.8 Å². The van der Waals surface area contributed by atoms with E-state index in [-0.39, 0.29) is 17.6 Å². The highest BCUT2D eigenvalue weighted by Crippen LogP contribution is 2.22. The predicted molar refractivity (Wildman–Crippen MR) is 112 cm³/mol. The molecule has 0 spiro atoms. The molecular formula is C21H16ClFN2O2S. The average Bonchev–Trinajstić information content (AvgIpc) is 2.69. The Morgan fingerprint density at radius 3 is 2.39 bits per heavy atom. The summed E-state index contributed by atoms with van der Waals surface area (Å²) in [5.74, 6) is -0.158. The quantitative estimate of drug-likeness (QED) is 0.564. The van der Waals surface area contributed by atoms with Gasteiger partial charge in [0.15, 0.2) is 5.11 Å². The van der Waals surface area contributed by atoms with E-state index in [0.717, 1.165) is 0 Å². The van der Waals surface area contributed by atoms with Crippen LogP contribution in [0.5, 0.6) is 5.75 Å². The molecule has 0 bridgehead atoms. The Morgan fingerprint density at radius 1 is 1.00 bits per heavy atom. The highest BCUT2D eigenvalue weighted by Gasteiger charge is 2.09. The van der Waals surface area contributed by atoms with E-state index in [4.69, 9.17) is 28.6 Å². The summed E-state index contributed by atoms with van der Waals surface area (Å²) in [6, 6.07) is 20.2. The number of halogens is 2.